The third kappa shape index (κ3) is 56.6. The molecule has 0 saturated carbocycles. The first-order chi connectivity index (χ1) is 40.4. The highest BCUT2D eigenvalue weighted by Gasteiger charge is 2.30. The average molecular weight is 1240 g/mol. The number of hydrogen-bond acceptors (Lipinski definition) is 15. The summed E-state index contributed by atoms with van der Waals surface area (Å²) in [6, 6.07) is 0. The molecule has 0 aliphatic heterocycles. The lowest BCUT2D eigenvalue weighted by molar-refractivity contribution is -0.161. The van der Waals surface area contributed by atoms with Crippen LogP contribution in [0.5, 0.6) is 0 Å². The monoisotopic (exact) mass is 1240 g/mol. The number of phosphoric acid groups is 2. The molecule has 0 spiro atoms. The van der Waals surface area contributed by atoms with Crippen LogP contribution in [0, 0.1) is 11.8 Å². The van der Waals surface area contributed by atoms with Crippen LogP contribution in [0.2, 0.25) is 0 Å². The summed E-state index contributed by atoms with van der Waals surface area (Å²) in [5.74, 6) is -0.686. The highest BCUT2D eigenvalue weighted by atomic mass is 31.2. The predicted molar refractivity (Wildman–Crippen MR) is 335 cm³/mol. The molecule has 0 saturated heterocycles. The van der Waals surface area contributed by atoms with Gasteiger partial charge >= 0.3 is 39.5 Å². The van der Waals surface area contributed by atoms with Crippen LogP contribution in [0.25, 0.3) is 0 Å². The van der Waals surface area contributed by atoms with E-state index in [1.165, 1.54) is 128 Å². The molecule has 0 aromatic carbocycles. The molecule has 7 atom stereocenters. The molecule has 4 unspecified atom stereocenters. The maximum absolute atomic E-state index is 13.0. The quantitative estimate of drug-likeness (QED) is 0.0222. The van der Waals surface area contributed by atoms with Crippen LogP contribution in [0.4, 0.5) is 0 Å². The number of rotatable bonds is 64. The number of ether oxygens (including phenoxy) is 4. The standard InChI is InChI=1S/C65H126O17P2/c1-7-11-13-15-17-19-20-21-22-23-24-25-26-28-37-43-49-64(69)81-60(54-76-63(68)48-42-36-31-29-33-39-45-57(5)9-3)55-79-83(71,72)77-51-59(66)52-78-84(73,74)80-56-61(53-75-62(67)47-41-35-27-18-16-14-12-8-2)82-65(70)50-44-38-32-30-34-40-46-58(6)10-4/h57-61,66H,7-56H2,1-6H3,(H,71,72)(H,73,74)/t57?,58?,59-,60-,61-/m1/s1. The normalized spacial score (nSPS) is 14.9. The van der Waals surface area contributed by atoms with E-state index in [0.717, 1.165) is 115 Å². The Morgan fingerprint density at radius 1 is 0.333 bits per heavy atom. The second-order valence-electron chi connectivity index (χ2n) is 24.0. The van der Waals surface area contributed by atoms with Crippen LogP contribution in [-0.2, 0) is 65.4 Å². The zero-order chi connectivity index (χ0) is 62.2. The van der Waals surface area contributed by atoms with Gasteiger partial charge in [0.2, 0.25) is 0 Å². The minimum Gasteiger partial charge on any atom is -0.462 e. The minimum atomic E-state index is -4.95. The number of unbranched alkanes of at least 4 members (excludes halogenated alkanes) is 32. The van der Waals surface area contributed by atoms with E-state index in [0.29, 0.717) is 25.7 Å². The van der Waals surface area contributed by atoms with Gasteiger partial charge < -0.3 is 33.8 Å². The van der Waals surface area contributed by atoms with Crippen LogP contribution >= 0.6 is 15.6 Å². The van der Waals surface area contributed by atoms with Crippen LogP contribution < -0.4 is 0 Å². The van der Waals surface area contributed by atoms with Gasteiger partial charge in [0.15, 0.2) is 12.2 Å². The van der Waals surface area contributed by atoms with E-state index in [1.807, 2.05) is 0 Å². The first-order valence-electron chi connectivity index (χ1n) is 34.1. The van der Waals surface area contributed by atoms with Crippen molar-refractivity contribution in [1.82, 2.24) is 0 Å². The molecule has 498 valence electrons. The highest BCUT2D eigenvalue weighted by molar-refractivity contribution is 7.47. The van der Waals surface area contributed by atoms with Gasteiger partial charge in [-0.1, -0.05) is 273 Å². The van der Waals surface area contributed by atoms with Crippen molar-refractivity contribution in [3.05, 3.63) is 0 Å². The summed E-state index contributed by atoms with van der Waals surface area (Å²) in [4.78, 5) is 72.2. The Morgan fingerprint density at radius 2 is 0.571 bits per heavy atom. The Labute approximate surface area is 511 Å². The number of aliphatic hydroxyl groups excluding tert-OH is 1. The van der Waals surface area contributed by atoms with Crippen molar-refractivity contribution in [2.24, 2.45) is 11.8 Å². The summed E-state index contributed by atoms with van der Waals surface area (Å²) in [6.07, 6.45) is 40.4. The van der Waals surface area contributed by atoms with Gasteiger partial charge in [0.25, 0.3) is 0 Å². The van der Waals surface area contributed by atoms with Crippen molar-refractivity contribution in [1.29, 1.82) is 0 Å². The Kier molecular flexibility index (Phi) is 56.2. The Balaban J connectivity index is 5.22. The topological polar surface area (TPSA) is 237 Å². The molecule has 0 amide bonds. The second-order valence-corrected chi connectivity index (χ2v) is 26.9. The van der Waals surface area contributed by atoms with Gasteiger partial charge in [-0.3, -0.25) is 37.3 Å². The van der Waals surface area contributed by atoms with Gasteiger partial charge in [0.05, 0.1) is 26.4 Å². The number of carbonyl (C=O) groups excluding carboxylic acids is 4. The van der Waals surface area contributed by atoms with E-state index in [2.05, 4.69) is 41.5 Å². The zero-order valence-electron chi connectivity index (χ0n) is 54.2. The minimum absolute atomic E-state index is 0.103. The van der Waals surface area contributed by atoms with E-state index in [1.54, 1.807) is 0 Å². The fourth-order valence-electron chi connectivity index (χ4n) is 9.64. The molecule has 0 heterocycles. The first-order valence-corrected chi connectivity index (χ1v) is 37.1. The van der Waals surface area contributed by atoms with Gasteiger partial charge in [-0.25, -0.2) is 9.13 Å². The summed E-state index contributed by atoms with van der Waals surface area (Å²) >= 11 is 0. The van der Waals surface area contributed by atoms with Gasteiger partial charge in [-0.05, 0) is 37.5 Å². The second kappa shape index (κ2) is 57.5. The van der Waals surface area contributed by atoms with Crippen LogP contribution in [0.1, 0.15) is 324 Å². The third-order valence-corrected chi connectivity index (χ3v) is 17.6. The van der Waals surface area contributed by atoms with Gasteiger partial charge in [-0.2, -0.15) is 0 Å². The van der Waals surface area contributed by atoms with E-state index >= 15 is 0 Å². The number of carbonyl (C=O) groups is 4. The molecule has 0 radical (unpaired) electrons. The van der Waals surface area contributed by atoms with Crippen LogP contribution in [0.15, 0.2) is 0 Å². The molecular formula is C65H126O17P2. The first kappa shape index (κ1) is 82.1. The van der Waals surface area contributed by atoms with Crippen molar-refractivity contribution in [3.63, 3.8) is 0 Å². The molecular weight excluding hydrogens is 1110 g/mol. The third-order valence-electron chi connectivity index (χ3n) is 15.7. The summed E-state index contributed by atoms with van der Waals surface area (Å²) in [5.41, 5.74) is 0. The summed E-state index contributed by atoms with van der Waals surface area (Å²) in [7, 11) is -9.89. The number of esters is 4. The summed E-state index contributed by atoms with van der Waals surface area (Å²) in [5, 5.41) is 10.5. The lowest BCUT2D eigenvalue weighted by Gasteiger charge is -2.21. The van der Waals surface area contributed by atoms with Crippen molar-refractivity contribution in [2.45, 2.75) is 342 Å². The number of aliphatic hydroxyl groups is 1. The molecule has 84 heavy (non-hydrogen) atoms. The number of hydrogen-bond donors (Lipinski definition) is 3. The van der Waals surface area contributed by atoms with Gasteiger partial charge in [0, 0.05) is 25.7 Å². The Morgan fingerprint density at radius 3 is 0.845 bits per heavy atom. The van der Waals surface area contributed by atoms with Crippen molar-refractivity contribution < 1.29 is 80.2 Å². The molecule has 0 bridgehead atoms. The highest BCUT2D eigenvalue weighted by Crippen LogP contribution is 2.45. The lowest BCUT2D eigenvalue weighted by Crippen LogP contribution is -2.30. The molecule has 0 aliphatic carbocycles. The van der Waals surface area contributed by atoms with Crippen molar-refractivity contribution in [3.8, 4) is 0 Å². The SMILES string of the molecule is CCCCCCCCCCCCCCCCCCC(=O)O[C@H](COC(=O)CCCCCCCCC(C)CC)COP(=O)(O)OC[C@@H](O)COP(=O)(O)OC[C@@H](COC(=O)CCCCCCCCCC)OC(=O)CCCCCCCCC(C)CC. The predicted octanol–water partition coefficient (Wildman–Crippen LogP) is 18.0. The zero-order valence-corrected chi connectivity index (χ0v) is 56.0. The summed E-state index contributed by atoms with van der Waals surface area (Å²) in [6.45, 7) is 9.39. The molecule has 17 nitrogen and oxygen atoms in total. The van der Waals surface area contributed by atoms with Crippen LogP contribution in [-0.4, -0.2) is 96.7 Å². The van der Waals surface area contributed by atoms with Gasteiger partial charge in [0.1, 0.15) is 19.3 Å². The maximum atomic E-state index is 13.0. The molecule has 0 fully saturated rings. The largest absolute Gasteiger partial charge is 0.472 e. The molecule has 0 aromatic rings. The fourth-order valence-corrected chi connectivity index (χ4v) is 11.2. The van der Waals surface area contributed by atoms with E-state index < -0.39 is 97.5 Å². The molecule has 0 aliphatic rings. The Hall–Kier alpha value is -1.94. The maximum Gasteiger partial charge on any atom is 0.472 e. The van der Waals surface area contributed by atoms with Gasteiger partial charge in [-0.15, -0.1) is 0 Å². The van der Waals surface area contributed by atoms with Crippen molar-refractivity contribution >= 4 is 39.5 Å². The summed E-state index contributed by atoms with van der Waals surface area (Å²) < 4.78 is 68.0. The fraction of sp³-hybridized carbons (Fsp3) is 0.938. The molecule has 0 aromatic heterocycles. The number of phosphoric ester groups is 2. The van der Waals surface area contributed by atoms with Crippen LogP contribution in [0.3, 0.4) is 0 Å². The molecule has 3 N–H and O–H groups in total. The average Bonchev–Trinajstić information content (AvgIpc) is 3.58. The van der Waals surface area contributed by atoms with E-state index in [-0.39, 0.29) is 25.7 Å². The van der Waals surface area contributed by atoms with E-state index in [9.17, 15) is 43.2 Å². The van der Waals surface area contributed by atoms with E-state index in [4.69, 9.17) is 37.0 Å². The smallest absolute Gasteiger partial charge is 0.462 e. The Bertz CT molecular complexity index is 1650. The molecule has 0 rings (SSSR count). The lowest BCUT2D eigenvalue weighted by atomic mass is 10.00. The van der Waals surface area contributed by atoms with Crippen molar-refractivity contribution in [2.75, 3.05) is 39.6 Å². The molecule has 19 heteroatoms.